The van der Waals surface area contributed by atoms with E-state index < -0.39 is 10.0 Å². The van der Waals surface area contributed by atoms with E-state index in [0.29, 0.717) is 13.1 Å². The summed E-state index contributed by atoms with van der Waals surface area (Å²) in [6.45, 7) is 5.61. The first-order valence-corrected chi connectivity index (χ1v) is 10.0. The third-order valence-corrected chi connectivity index (χ3v) is 5.50. The van der Waals surface area contributed by atoms with Crippen LogP contribution in [-0.2, 0) is 10.0 Å². The maximum absolute atomic E-state index is 13.0. The normalized spacial score (nSPS) is 16.2. The van der Waals surface area contributed by atoms with Gasteiger partial charge < -0.3 is 15.1 Å². The fourth-order valence-corrected chi connectivity index (χ4v) is 3.26. The molecule has 0 bridgehead atoms. The molecule has 1 heterocycles. The van der Waals surface area contributed by atoms with Gasteiger partial charge in [-0.25, -0.2) is 17.5 Å². The molecule has 0 unspecified atom stereocenters. The summed E-state index contributed by atoms with van der Waals surface area (Å²) >= 11 is 0. The van der Waals surface area contributed by atoms with Gasteiger partial charge in [-0.3, -0.25) is 4.99 Å². The van der Waals surface area contributed by atoms with Crippen LogP contribution in [0.4, 0.5) is 10.1 Å². The summed E-state index contributed by atoms with van der Waals surface area (Å²) in [6.07, 6.45) is 0. The van der Waals surface area contributed by atoms with Gasteiger partial charge in [0.1, 0.15) is 5.82 Å². The molecule has 1 aliphatic rings. The lowest BCUT2D eigenvalue weighted by Gasteiger charge is -2.37. The van der Waals surface area contributed by atoms with Gasteiger partial charge >= 0.3 is 0 Å². The molecule has 9 heteroatoms. The number of sulfonamides is 1. The summed E-state index contributed by atoms with van der Waals surface area (Å²) in [4.78, 5) is 8.60. The minimum Gasteiger partial charge on any atom is -0.368 e. The maximum atomic E-state index is 13.0. The summed E-state index contributed by atoms with van der Waals surface area (Å²) in [7, 11) is -1.45. The molecular weight excluding hydrogens is 345 g/mol. The van der Waals surface area contributed by atoms with E-state index in [-0.39, 0.29) is 11.6 Å². The Kier molecular flexibility index (Phi) is 7.01. The Morgan fingerprint density at radius 3 is 2.36 bits per heavy atom. The molecule has 0 radical (unpaired) electrons. The van der Waals surface area contributed by atoms with Crippen molar-refractivity contribution in [2.24, 2.45) is 4.99 Å². The maximum Gasteiger partial charge on any atom is 0.211 e. The number of nitrogens with one attached hydrogen (secondary N) is 2. The van der Waals surface area contributed by atoms with Crippen molar-refractivity contribution in [3.05, 3.63) is 30.1 Å². The Hall–Kier alpha value is -1.87. The number of piperazine rings is 1. The van der Waals surface area contributed by atoms with Crippen molar-refractivity contribution in [3.8, 4) is 0 Å². The first-order chi connectivity index (χ1) is 11.9. The largest absolute Gasteiger partial charge is 0.368 e. The number of rotatable bonds is 6. The molecule has 1 aromatic carbocycles. The van der Waals surface area contributed by atoms with Crippen LogP contribution in [0.2, 0.25) is 0 Å². The van der Waals surface area contributed by atoms with Gasteiger partial charge in [0.05, 0.1) is 5.75 Å². The van der Waals surface area contributed by atoms with Crippen LogP contribution in [0.1, 0.15) is 6.92 Å². The van der Waals surface area contributed by atoms with E-state index in [9.17, 15) is 12.8 Å². The third-order valence-electron chi connectivity index (χ3n) is 4.09. The van der Waals surface area contributed by atoms with Gasteiger partial charge in [0.2, 0.25) is 10.0 Å². The Balaban J connectivity index is 1.79. The molecule has 0 saturated carbocycles. The number of halogens is 1. The Labute approximate surface area is 149 Å². The summed E-state index contributed by atoms with van der Waals surface area (Å²) in [5.74, 6) is 0.604. The highest BCUT2D eigenvalue weighted by atomic mass is 32.2. The zero-order valence-electron chi connectivity index (χ0n) is 14.7. The summed E-state index contributed by atoms with van der Waals surface area (Å²) in [6, 6.07) is 6.52. The molecule has 0 atom stereocenters. The third kappa shape index (κ3) is 5.86. The van der Waals surface area contributed by atoms with Crippen molar-refractivity contribution in [1.82, 2.24) is 14.9 Å². The fourth-order valence-electron chi connectivity index (χ4n) is 2.64. The van der Waals surface area contributed by atoms with Gasteiger partial charge in [0.15, 0.2) is 5.96 Å². The van der Waals surface area contributed by atoms with Gasteiger partial charge in [-0.1, -0.05) is 0 Å². The first-order valence-electron chi connectivity index (χ1n) is 8.38. The average Bonchev–Trinajstić information content (AvgIpc) is 2.63. The molecule has 7 nitrogen and oxygen atoms in total. The van der Waals surface area contributed by atoms with Crippen molar-refractivity contribution in [2.75, 3.05) is 57.0 Å². The highest BCUT2D eigenvalue weighted by Crippen LogP contribution is 2.16. The van der Waals surface area contributed by atoms with E-state index in [4.69, 9.17) is 0 Å². The average molecular weight is 371 g/mol. The van der Waals surface area contributed by atoms with Crippen LogP contribution in [0.15, 0.2) is 29.3 Å². The zero-order chi connectivity index (χ0) is 18.3. The monoisotopic (exact) mass is 371 g/mol. The van der Waals surface area contributed by atoms with Crippen molar-refractivity contribution >= 4 is 21.7 Å². The van der Waals surface area contributed by atoms with E-state index in [0.717, 1.165) is 37.8 Å². The van der Waals surface area contributed by atoms with Crippen LogP contribution in [0.3, 0.4) is 0 Å². The van der Waals surface area contributed by atoms with Crippen LogP contribution in [0.25, 0.3) is 0 Å². The minimum atomic E-state index is -3.17. The van der Waals surface area contributed by atoms with Gasteiger partial charge in [-0.2, -0.15) is 0 Å². The minimum absolute atomic E-state index is 0.0765. The van der Waals surface area contributed by atoms with Crippen LogP contribution in [0.5, 0.6) is 0 Å². The fraction of sp³-hybridized carbons (Fsp3) is 0.562. The van der Waals surface area contributed by atoms with Crippen molar-refractivity contribution in [3.63, 3.8) is 0 Å². The quantitative estimate of drug-likeness (QED) is 0.432. The SMILES string of the molecule is CCS(=O)(=O)NCCNC(=NC)N1CCN(c2ccc(F)cc2)CC1. The zero-order valence-corrected chi connectivity index (χ0v) is 15.5. The Bertz CT molecular complexity index is 670. The number of hydrogen-bond acceptors (Lipinski definition) is 4. The summed E-state index contributed by atoms with van der Waals surface area (Å²) < 4.78 is 38.3. The topological polar surface area (TPSA) is 77.0 Å². The van der Waals surface area contributed by atoms with Crippen molar-refractivity contribution in [2.45, 2.75) is 6.92 Å². The van der Waals surface area contributed by atoms with E-state index >= 15 is 0 Å². The molecule has 25 heavy (non-hydrogen) atoms. The second kappa shape index (κ2) is 9.00. The van der Waals surface area contributed by atoms with Crippen LogP contribution >= 0.6 is 0 Å². The van der Waals surface area contributed by atoms with Gasteiger partial charge in [-0.05, 0) is 31.2 Å². The summed E-state index contributed by atoms with van der Waals surface area (Å²) in [5, 5.41) is 3.18. The number of aliphatic imine (C=N–C) groups is 1. The summed E-state index contributed by atoms with van der Waals surface area (Å²) in [5.41, 5.74) is 1.01. The molecule has 1 aliphatic heterocycles. The molecule has 1 saturated heterocycles. The predicted molar refractivity (Wildman–Crippen MR) is 99.0 cm³/mol. The molecule has 0 spiro atoms. The van der Waals surface area contributed by atoms with Gasteiger partial charge in [0.25, 0.3) is 0 Å². The molecule has 0 aromatic heterocycles. The smallest absolute Gasteiger partial charge is 0.211 e. The van der Waals surface area contributed by atoms with Crippen molar-refractivity contribution < 1.29 is 12.8 Å². The van der Waals surface area contributed by atoms with Crippen LogP contribution in [0, 0.1) is 5.82 Å². The number of guanidine groups is 1. The molecular formula is C16H26FN5O2S. The first kappa shape index (κ1) is 19.5. The Morgan fingerprint density at radius 2 is 1.80 bits per heavy atom. The second-order valence-electron chi connectivity index (χ2n) is 5.72. The highest BCUT2D eigenvalue weighted by molar-refractivity contribution is 7.89. The molecule has 2 N–H and O–H groups in total. The predicted octanol–water partition coefficient (Wildman–Crippen LogP) is 0.462. The van der Waals surface area contributed by atoms with E-state index in [1.807, 2.05) is 0 Å². The number of anilines is 1. The molecule has 1 fully saturated rings. The lowest BCUT2D eigenvalue weighted by Crippen LogP contribution is -2.53. The molecule has 0 aliphatic carbocycles. The van der Waals surface area contributed by atoms with Gasteiger partial charge in [0, 0.05) is 52.0 Å². The van der Waals surface area contributed by atoms with Gasteiger partial charge in [-0.15, -0.1) is 0 Å². The number of hydrogen-bond donors (Lipinski definition) is 2. The lowest BCUT2D eigenvalue weighted by molar-refractivity contribution is 0.373. The van der Waals surface area contributed by atoms with E-state index in [1.54, 1.807) is 26.1 Å². The number of benzene rings is 1. The number of nitrogens with zero attached hydrogens (tertiary/aromatic N) is 3. The molecule has 2 rings (SSSR count). The van der Waals surface area contributed by atoms with Crippen LogP contribution in [-0.4, -0.2) is 71.3 Å². The molecule has 0 amide bonds. The lowest BCUT2D eigenvalue weighted by atomic mass is 10.2. The Morgan fingerprint density at radius 1 is 1.16 bits per heavy atom. The highest BCUT2D eigenvalue weighted by Gasteiger charge is 2.19. The van der Waals surface area contributed by atoms with Crippen molar-refractivity contribution in [1.29, 1.82) is 0 Å². The van der Waals surface area contributed by atoms with E-state index in [1.165, 1.54) is 12.1 Å². The van der Waals surface area contributed by atoms with Crippen LogP contribution < -0.4 is 14.9 Å². The van der Waals surface area contributed by atoms with E-state index in [2.05, 4.69) is 24.8 Å². The molecule has 1 aromatic rings. The molecule has 140 valence electrons. The standard InChI is InChI=1S/C16H26FN5O2S/c1-3-25(23,24)20-9-8-19-16(18-2)22-12-10-21(11-13-22)15-6-4-14(17)5-7-15/h4-7,20H,3,8-13H2,1-2H3,(H,18,19). The second-order valence-corrected chi connectivity index (χ2v) is 7.82.